The van der Waals surface area contributed by atoms with Crippen LogP contribution < -0.4 is 5.32 Å². The quantitative estimate of drug-likeness (QED) is 0.876. The van der Waals surface area contributed by atoms with E-state index in [4.69, 9.17) is 23.2 Å². The van der Waals surface area contributed by atoms with Crippen LogP contribution in [0, 0.1) is 5.82 Å². The van der Waals surface area contributed by atoms with Gasteiger partial charge in [0, 0.05) is 23.1 Å². The first kappa shape index (κ1) is 13.3. The summed E-state index contributed by atoms with van der Waals surface area (Å²) in [5, 5.41) is 4.39. The minimum Gasteiger partial charge on any atom is -0.309 e. The summed E-state index contributed by atoms with van der Waals surface area (Å²) in [7, 11) is 0. The van der Waals surface area contributed by atoms with Gasteiger partial charge in [0.05, 0.1) is 0 Å². The predicted molar refractivity (Wildman–Crippen MR) is 73.4 cm³/mol. The summed E-state index contributed by atoms with van der Waals surface area (Å²) in [6.07, 6.45) is 0. The summed E-state index contributed by atoms with van der Waals surface area (Å²) in [5.41, 5.74) is 1.89. The average Bonchev–Trinajstić information content (AvgIpc) is 2.34. The second kappa shape index (κ2) is 6.19. The number of halogens is 3. The van der Waals surface area contributed by atoms with Crippen molar-refractivity contribution in [2.75, 3.05) is 0 Å². The van der Waals surface area contributed by atoms with Gasteiger partial charge in [0.2, 0.25) is 0 Å². The molecule has 2 rings (SSSR count). The molecule has 4 heteroatoms. The molecule has 2 aromatic carbocycles. The van der Waals surface area contributed by atoms with E-state index in [-0.39, 0.29) is 5.82 Å². The van der Waals surface area contributed by atoms with Crippen LogP contribution in [0.4, 0.5) is 4.39 Å². The van der Waals surface area contributed by atoms with Crippen LogP contribution in [0.5, 0.6) is 0 Å². The molecule has 94 valence electrons. The van der Waals surface area contributed by atoms with Gasteiger partial charge in [0.15, 0.2) is 0 Å². The molecule has 0 amide bonds. The fraction of sp³-hybridized carbons (Fsp3) is 0.143. The molecule has 0 saturated carbocycles. The zero-order valence-electron chi connectivity index (χ0n) is 9.59. The highest BCUT2D eigenvalue weighted by molar-refractivity contribution is 6.31. The lowest BCUT2D eigenvalue weighted by molar-refractivity contribution is 0.625. The Morgan fingerprint density at radius 1 is 0.889 bits per heavy atom. The standard InChI is InChI=1S/C14H12Cl2FN/c15-13-4-2-1-3-10(13)8-18-9-11-5-6-12(17)7-14(11)16/h1-7,18H,8-9H2. The Kier molecular flexibility index (Phi) is 4.59. The summed E-state index contributed by atoms with van der Waals surface area (Å²) >= 11 is 12.0. The molecule has 0 saturated heterocycles. The highest BCUT2D eigenvalue weighted by Gasteiger charge is 2.02. The van der Waals surface area contributed by atoms with Gasteiger partial charge in [-0.15, -0.1) is 0 Å². The van der Waals surface area contributed by atoms with Gasteiger partial charge in [-0.3, -0.25) is 0 Å². The Bertz CT molecular complexity index is 543. The van der Waals surface area contributed by atoms with Gasteiger partial charge in [-0.05, 0) is 29.3 Å². The van der Waals surface area contributed by atoms with Crippen LogP contribution in [-0.2, 0) is 13.1 Å². The molecule has 1 N–H and O–H groups in total. The third-order valence-corrected chi connectivity index (χ3v) is 3.32. The molecule has 0 aliphatic heterocycles. The maximum Gasteiger partial charge on any atom is 0.124 e. The number of hydrogen-bond acceptors (Lipinski definition) is 1. The fourth-order valence-corrected chi connectivity index (χ4v) is 2.08. The highest BCUT2D eigenvalue weighted by Crippen LogP contribution is 2.18. The second-order valence-corrected chi connectivity index (χ2v) is 4.75. The first-order valence-electron chi connectivity index (χ1n) is 5.55. The molecule has 0 radical (unpaired) electrons. The summed E-state index contributed by atoms with van der Waals surface area (Å²) in [6, 6.07) is 12.0. The molecule has 0 aliphatic rings. The van der Waals surface area contributed by atoms with Gasteiger partial charge in [-0.2, -0.15) is 0 Å². The molecule has 0 aliphatic carbocycles. The molecule has 0 atom stereocenters. The van der Waals surface area contributed by atoms with Gasteiger partial charge >= 0.3 is 0 Å². The first-order valence-corrected chi connectivity index (χ1v) is 6.30. The molecular weight excluding hydrogens is 272 g/mol. The van der Waals surface area contributed by atoms with Crippen molar-refractivity contribution in [3.8, 4) is 0 Å². The van der Waals surface area contributed by atoms with E-state index in [2.05, 4.69) is 5.32 Å². The number of nitrogens with one attached hydrogen (secondary N) is 1. The topological polar surface area (TPSA) is 12.0 Å². The van der Waals surface area contributed by atoms with Crippen molar-refractivity contribution < 1.29 is 4.39 Å². The van der Waals surface area contributed by atoms with Crippen LogP contribution in [0.15, 0.2) is 42.5 Å². The largest absolute Gasteiger partial charge is 0.309 e. The van der Waals surface area contributed by atoms with E-state index in [1.165, 1.54) is 12.1 Å². The molecule has 1 nitrogen and oxygen atoms in total. The molecular formula is C14H12Cl2FN. The summed E-state index contributed by atoms with van der Waals surface area (Å²) < 4.78 is 12.9. The van der Waals surface area contributed by atoms with E-state index in [1.54, 1.807) is 6.07 Å². The molecule has 0 bridgehead atoms. The van der Waals surface area contributed by atoms with Crippen molar-refractivity contribution in [1.29, 1.82) is 0 Å². The van der Waals surface area contributed by atoms with Gasteiger partial charge < -0.3 is 5.32 Å². The van der Waals surface area contributed by atoms with E-state index in [0.29, 0.717) is 18.1 Å². The van der Waals surface area contributed by atoms with Crippen LogP contribution in [0.2, 0.25) is 10.0 Å². The van der Waals surface area contributed by atoms with Crippen LogP contribution in [-0.4, -0.2) is 0 Å². The number of hydrogen-bond donors (Lipinski definition) is 1. The zero-order chi connectivity index (χ0) is 13.0. The molecule has 0 unspecified atom stereocenters. The normalized spacial score (nSPS) is 10.6. The highest BCUT2D eigenvalue weighted by atomic mass is 35.5. The van der Waals surface area contributed by atoms with E-state index < -0.39 is 0 Å². The predicted octanol–water partition coefficient (Wildman–Crippen LogP) is 4.42. The average molecular weight is 284 g/mol. The fourth-order valence-electron chi connectivity index (χ4n) is 1.64. The molecule has 0 aromatic heterocycles. The van der Waals surface area contributed by atoms with Crippen molar-refractivity contribution in [2.45, 2.75) is 13.1 Å². The maximum atomic E-state index is 12.9. The smallest absolute Gasteiger partial charge is 0.124 e. The van der Waals surface area contributed by atoms with E-state index in [9.17, 15) is 4.39 Å². The first-order chi connectivity index (χ1) is 8.66. The van der Waals surface area contributed by atoms with Crippen molar-refractivity contribution in [2.24, 2.45) is 0 Å². The Morgan fingerprint density at radius 2 is 1.56 bits per heavy atom. The number of benzene rings is 2. The van der Waals surface area contributed by atoms with E-state index >= 15 is 0 Å². The molecule has 18 heavy (non-hydrogen) atoms. The van der Waals surface area contributed by atoms with Crippen molar-refractivity contribution >= 4 is 23.2 Å². The molecule has 0 fully saturated rings. The van der Waals surface area contributed by atoms with Crippen molar-refractivity contribution in [3.05, 3.63) is 69.5 Å². The molecule has 0 spiro atoms. The van der Waals surface area contributed by atoms with Crippen LogP contribution in [0.3, 0.4) is 0 Å². The van der Waals surface area contributed by atoms with Gasteiger partial charge in [0.25, 0.3) is 0 Å². The summed E-state index contributed by atoms with van der Waals surface area (Å²) in [4.78, 5) is 0. The van der Waals surface area contributed by atoms with Gasteiger partial charge in [0.1, 0.15) is 5.82 Å². The Hall–Kier alpha value is -1.09. The minimum atomic E-state index is -0.324. The SMILES string of the molecule is Fc1ccc(CNCc2ccccc2Cl)c(Cl)c1. The number of rotatable bonds is 4. The Morgan fingerprint density at radius 3 is 2.22 bits per heavy atom. The zero-order valence-corrected chi connectivity index (χ0v) is 11.1. The van der Waals surface area contributed by atoms with E-state index in [1.807, 2.05) is 24.3 Å². The van der Waals surface area contributed by atoms with Crippen LogP contribution in [0.1, 0.15) is 11.1 Å². The summed E-state index contributed by atoms with van der Waals surface area (Å²) in [5.74, 6) is -0.324. The lowest BCUT2D eigenvalue weighted by Gasteiger charge is -2.08. The third kappa shape index (κ3) is 3.45. The lowest BCUT2D eigenvalue weighted by atomic mass is 10.2. The Labute approximate surface area is 116 Å². The van der Waals surface area contributed by atoms with Crippen molar-refractivity contribution in [1.82, 2.24) is 5.32 Å². The van der Waals surface area contributed by atoms with Crippen molar-refractivity contribution in [3.63, 3.8) is 0 Å². The molecule has 2 aromatic rings. The molecule has 0 heterocycles. The van der Waals surface area contributed by atoms with Gasteiger partial charge in [-0.1, -0.05) is 47.5 Å². The third-order valence-electron chi connectivity index (χ3n) is 2.60. The Balaban J connectivity index is 1.95. The maximum absolute atomic E-state index is 12.9. The lowest BCUT2D eigenvalue weighted by Crippen LogP contribution is -2.13. The van der Waals surface area contributed by atoms with Crippen LogP contribution in [0.25, 0.3) is 0 Å². The van der Waals surface area contributed by atoms with Gasteiger partial charge in [-0.25, -0.2) is 4.39 Å². The second-order valence-electron chi connectivity index (χ2n) is 3.93. The van der Waals surface area contributed by atoms with Crippen LogP contribution >= 0.6 is 23.2 Å². The minimum absolute atomic E-state index is 0.324. The monoisotopic (exact) mass is 283 g/mol. The van der Waals surface area contributed by atoms with E-state index in [0.717, 1.165) is 16.1 Å². The summed E-state index contributed by atoms with van der Waals surface area (Å²) in [6.45, 7) is 1.22.